The number of anilines is 1. The second-order valence-corrected chi connectivity index (χ2v) is 8.85. The largest absolute Gasteiger partial charge is 0.456 e. The fraction of sp³-hybridized carbons (Fsp3) is 0.200. The molecule has 1 aromatic heterocycles. The molecule has 3 aromatic rings. The van der Waals surface area contributed by atoms with Gasteiger partial charge in [0.2, 0.25) is 0 Å². The molecule has 0 saturated heterocycles. The zero-order valence-electron chi connectivity index (χ0n) is 15.5. The minimum atomic E-state index is -3.93. The Morgan fingerprint density at radius 1 is 1.11 bits per heavy atom. The van der Waals surface area contributed by atoms with Crippen LogP contribution in [0.25, 0.3) is 0 Å². The van der Waals surface area contributed by atoms with Gasteiger partial charge in [0, 0.05) is 12.4 Å². The number of thiazole rings is 1. The maximum atomic E-state index is 13.1. The number of rotatable bonds is 7. The van der Waals surface area contributed by atoms with E-state index in [1.54, 1.807) is 42.5 Å². The fourth-order valence-corrected chi connectivity index (χ4v) is 4.68. The number of esters is 1. The number of para-hydroxylation sites is 1. The van der Waals surface area contributed by atoms with E-state index in [2.05, 4.69) is 4.98 Å². The van der Waals surface area contributed by atoms with Crippen LogP contribution in [-0.2, 0) is 27.8 Å². The van der Waals surface area contributed by atoms with Crippen LogP contribution in [0.3, 0.4) is 0 Å². The topological polar surface area (TPSA) is 76.6 Å². The highest BCUT2D eigenvalue weighted by atomic mass is 32.2. The van der Waals surface area contributed by atoms with Gasteiger partial charge < -0.3 is 4.74 Å². The van der Waals surface area contributed by atoms with Gasteiger partial charge in [0.25, 0.3) is 10.0 Å². The molecule has 0 radical (unpaired) electrons. The lowest BCUT2D eigenvalue weighted by molar-refractivity contribution is 0.0463. The first-order valence-corrected chi connectivity index (χ1v) is 11.0. The zero-order valence-corrected chi connectivity index (χ0v) is 17.2. The molecule has 0 unspecified atom stereocenters. The van der Waals surface area contributed by atoms with Gasteiger partial charge >= 0.3 is 5.97 Å². The summed E-state index contributed by atoms with van der Waals surface area (Å²) in [6.07, 6.45) is 0.811. The molecule has 2 aromatic carbocycles. The predicted octanol–water partition coefficient (Wildman–Crippen LogP) is 3.89. The summed E-state index contributed by atoms with van der Waals surface area (Å²) in [5.41, 5.74) is 1.15. The van der Waals surface area contributed by atoms with Gasteiger partial charge in [-0.25, -0.2) is 18.2 Å². The number of aromatic nitrogens is 1. The monoisotopic (exact) mass is 416 g/mol. The van der Waals surface area contributed by atoms with Gasteiger partial charge in [-0.1, -0.05) is 37.3 Å². The van der Waals surface area contributed by atoms with Crippen LogP contribution in [0, 0.1) is 0 Å². The highest BCUT2D eigenvalue weighted by Crippen LogP contribution is 2.25. The smallest absolute Gasteiger partial charge is 0.339 e. The molecule has 28 heavy (non-hydrogen) atoms. The summed E-state index contributed by atoms with van der Waals surface area (Å²) in [6, 6.07) is 14.7. The average Bonchev–Trinajstić information content (AvgIpc) is 3.20. The van der Waals surface area contributed by atoms with Crippen LogP contribution in [0.5, 0.6) is 0 Å². The molecule has 0 amide bonds. The van der Waals surface area contributed by atoms with Crippen molar-refractivity contribution >= 4 is 33.0 Å². The number of ether oxygens (including phenoxy) is 1. The maximum Gasteiger partial charge on any atom is 0.339 e. The van der Waals surface area contributed by atoms with Crippen LogP contribution >= 0.6 is 11.3 Å². The van der Waals surface area contributed by atoms with Crippen molar-refractivity contribution in [2.75, 3.05) is 11.4 Å². The quantitative estimate of drug-likeness (QED) is 0.546. The Balaban J connectivity index is 1.84. The van der Waals surface area contributed by atoms with Gasteiger partial charge in [-0.05, 0) is 30.7 Å². The molecule has 0 aliphatic rings. The first-order valence-electron chi connectivity index (χ1n) is 8.67. The van der Waals surface area contributed by atoms with E-state index < -0.39 is 16.0 Å². The molecule has 0 fully saturated rings. The second kappa shape index (κ2) is 8.53. The third-order valence-electron chi connectivity index (χ3n) is 4.12. The molecule has 3 rings (SSSR count). The number of carbonyl (C=O) groups is 1. The molecule has 6 nitrogen and oxygen atoms in total. The standard InChI is InChI=1S/C20H20N2O4S2/c1-3-19-21-15(14-27-19)13-26-20(23)17-11-7-8-12-18(17)28(24,25)22(2)16-9-5-4-6-10-16/h4-12,14H,3,13H2,1-2H3. The van der Waals surface area contributed by atoms with Crippen molar-refractivity contribution in [1.82, 2.24) is 4.98 Å². The number of aryl methyl sites for hydroxylation is 1. The lowest BCUT2D eigenvalue weighted by Gasteiger charge is -2.20. The van der Waals surface area contributed by atoms with Crippen molar-refractivity contribution in [2.45, 2.75) is 24.8 Å². The summed E-state index contributed by atoms with van der Waals surface area (Å²) in [5, 5.41) is 2.79. The van der Waals surface area contributed by atoms with Crippen molar-refractivity contribution < 1.29 is 17.9 Å². The van der Waals surface area contributed by atoms with Crippen LogP contribution in [0.15, 0.2) is 64.9 Å². The number of carbonyl (C=O) groups excluding carboxylic acids is 1. The van der Waals surface area contributed by atoms with Crippen molar-refractivity contribution in [1.29, 1.82) is 0 Å². The van der Waals surface area contributed by atoms with Gasteiger partial charge in [0.05, 0.1) is 22.0 Å². The van der Waals surface area contributed by atoms with Crippen LogP contribution in [0.1, 0.15) is 28.0 Å². The van der Waals surface area contributed by atoms with Crippen LogP contribution < -0.4 is 4.31 Å². The van der Waals surface area contributed by atoms with Gasteiger partial charge in [0.1, 0.15) is 11.5 Å². The average molecular weight is 417 g/mol. The molecule has 1 heterocycles. The van der Waals surface area contributed by atoms with Crippen molar-refractivity contribution in [3.8, 4) is 0 Å². The normalized spacial score (nSPS) is 11.2. The van der Waals surface area contributed by atoms with Crippen molar-refractivity contribution in [2.24, 2.45) is 0 Å². The van der Waals surface area contributed by atoms with E-state index in [9.17, 15) is 13.2 Å². The summed E-state index contributed by atoms with van der Waals surface area (Å²) in [6.45, 7) is 2.00. The lowest BCUT2D eigenvalue weighted by atomic mass is 10.2. The number of hydrogen-bond donors (Lipinski definition) is 0. The Morgan fingerprint density at radius 2 is 1.79 bits per heavy atom. The Hall–Kier alpha value is -2.71. The van der Waals surface area contributed by atoms with Crippen LogP contribution in [-0.4, -0.2) is 26.4 Å². The van der Waals surface area contributed by atoms with E-state index in [1.807, 2.05) is 12.3 Å². The van der Waals surface area contributed by atoms with E-state index in [-0.39, 0.29) is 17.1 Å². The number of benzene rings is 2. The first kappa shape index (κ1) is 20.0. The van der Waals surface area contributed by atoms with E-state index >= 15 is 0 Å². The molecule has 8 heteroatoms. The van der Waals surface area contributed by atoms with Crippen LogP contribution in [0.4, 0.5) is 5.69 Å². The molecule has 0 bridgehead atoms. The summed E-state index contributed by atoms with van der Waals surface area (Å²) in [7, 11) is -2.48. The minimum absolute atomic E-state index is 0.00175. The SMILES string of the molecule is CCc1nc(COC(=O)c2ccccc2S(=O)(=O)N(C)c2ccccc2)cs1. The van der Waals surface area contributed by atoms with Gasteiger partial charge in [-0.3, -0.25) is 4.31 Å². The molecule has 0 atom stereocenters. The van der Waals surface area contributed by atoms with Gasteiger partial charge in [0.15, 0.2) is 0 Å². The highest BCUT2D eigenvalue weighted by molar-refractivity contribution is 7.92. The second-order valence-electron chi connectivity index (χ2n) is 5.97. The number of hydrogen-bond acceptors (Lipinski definition) is 6. The summed E-state index contributed by atoms with van der Waals surface area (Å²) in [4.78, 5) is 16.8. The summed E-state index contributed by atoms with van der Waals surface area (Å²) >= 11 is 1.50. The molecule has 0 aliphatic carbocycles. The molecule has 0 N–H and O–H groups in total. The first-order chi connectivity index (χ1) is 13.4. The Labute approximate surface area is 168 Å². The molecular formula is C20H20N2O4S2. The zero-order chi connectivity index (χ0) is 20.1. The van der Waals surface area contributed by atoms with Crippen molar-refractivity contribution in [3.05, 3.63) is 76.2 Å². The van der Waals surface area contributed by atoms with Crippen molar-refractivity contribution in [3.63, 3.8) is 0 Å². The highest BCUT2D eigenvalue weighted by Gasteiger charge is 2.27. The van der Waals surface area contributed by atoms with Gasteiger partial charge in [-0.15, -0.1) is 11.3 Å². The lowest BCUT2D eigenvalue weighted by Crippen LogP contribution is -2.28. The van der Waals surface area contributed by atoms with E-state index in [0.29, 0.717) is 11.4 Å². The van der Waals surface area contributed by atoms with E-state index in [0.717, 1.165) is 15.7 Å². The Morgan fingerprint density at radius 3 is 2.46 bits per heavy atom. The molecular weight excluding hydrogens is 396 g/mol. The number of nitrogens with zero attached hydrogens (tertiary/aromatic N) is 2. The Bertz CT molecular complexity index is 1060. The maximum absolute atomic E-state index is 13.1. The molecule has 146 valence electrons. The van der Waals surface area contributed by atoms with Crippen LogP contribution in [0.2, 0.25) is 0 Å². The Kier molecular flexibility index (Phi) is 6.11. The number of sulfonamides is 1. The third-order valence-corrected chi connectivity index (χ3v) is 7.00. The fourth-order valence-electron chi connectivity index (χ4n) is 2.58. The third kappa shape index (κ3) is 4.23. The molecule has 0 aliphatic heterocycles. The molecule has 0 spiro atoms. The minimum Gasteiger partial charge on any atom is -0.456 e. The summed E-state index contributed by atoms with van der Waals surface area (Å²) in [5.74, 6) is -0.702. The predicted molar refractivity (Wildman–Crippen MR) is 109 cm³/mol. The van der Waals surface area contributed by atoms with Gasteiger partial charge in [-0.2, -0.15) is 0 Å². The summed E-state index contributed by atoms with van der Waals surface area (Å²) < 4.78 is 32.6. The van der Waals surface area contributed by atoms with E-state index in [1.165, 1.54) is 30.5 Å². The van der Waals surface area contributed by atoms with E-state index in [4.69, 9.17) is 4.74 Å². The molecule has 0 saturated carbocycles.